The first-order chi connectivity index (χ1) is 8.70. The number of methoxy groups -OCH3 is 1. The van der Waals surface area contributed by atoms with Crippen molar-refractivity contribution in [1.29, 1.82) is 0 Å². The second-order valence-corrected chi connectivity index (χ2v) is 4.72. The molecule has 0 radical (unpaired) electrons. The molecule has 106 valence electrons. The summed E-state index contributed by atoms with van der Waals surface area (Å²) in [6, 6.07) is 7.72. The van der Waals surface area contributed by atoms with Crippen LogP contribution in [-0.4, -0.2) is 44.7 Å². The van der Waals surface area contributed by atoms with Crippen LogP contribution in [0.15, 0.2) is 29.3 Å². The summed E-state index contributed by atoms with van der Waals surface area (Å²) in [5, 5.41) is 4.05. The minimum atomic E-state index is -0.000957. The quantitative estimate of drug-likeness (QED) is 0.796. The van der Waals surface area contributed by atoms with Gasteiger partial charge in [0.25, 0.3) is 0 Å². The van der Waals surface area contributed by atoms with E-state index in [2.05, 4.69) is 15.2 Å². The van der Waals surface area contributed by atoms with E-state index in [-0.39, 0.29) is 30.1 Å². The number of likely N-dealkylation sites (N-methyl/N-ethyl adjacent to an activating group) is 1. The molecule has 0 bridgehead atoms. The smallest absolute Gasteiger partial charge is 0.193 e. The Morgan fingerprint density at radius 3 is 2.63 bits per heavy atom. The van der Waals surface area contributed by atoms with Gasteiger partial charge in [0.15, 0.2) is 5.96 Å². The first-order valence-electron chi connectivity index (χ1n) is 5.98. The Kier molecular flexibility index (Phi) is 6.88. The van der Waals surface area contributed by atoms with Crippen molar-refractivity contribution < 1.29 is 4.74 Å². The van der Waals surface area contributed by atoms with Crippen LogP contribution in [0.1, 0.15) is 11.7 Å². The Hall–Kier alpha value is -0.530. The molecular weight excluding hydrogens is 377 g/mol. The molecule has 19 heavy (non-hydrogen) atoms. The molecule has 1 aromatic rings. The molecule has 1 N–H and O–H groups in total. The van der Waals surface area contributed by atoms with Crippen molar-refractivity contribution in [1.82, 2.24) is 10.2 Å². The predicted octanol–water partition coefficient (Wildman–Crippen LogP) is 2.54. The molecule has 2 rings (SSSR count). The molecule has 4 nitrogen and oxygen atoms in total. The van der Waals surface area contributed by atoms with Gasteiger partial charge in [-0.3, -0.25) is 4.99 Å². The van der Waals surface area contributed by atoms with Gasteiger partial charge in [0.05, 0.1) is 12.6 Å². The number of rotatable bonds is 4. The first kappa shape index (κ1) is 16.5. The highest BCUT2D eigenvalue weighted by Gasteiger charge is 2.15. The summed E-state index contributed by atoms with van der Waals surface area (Å²) in [6.45, 7) is 2.53. The van der Waals surface area contributed by atoms with E-state index in [0.717, 1.165) is 29.6 Å². The minimum absolute atomic E-state index is 0. The monoisotopic (exact) mass is 395 g/mol. The van der Waals surface area contributed by atoms with Crippen LogP contribution in [0.4, 0.5) is 0 Å². The number of benzene rings is 1. The van der Waals surface area contributed by atoms with Gasteiger partial charge in [0.1, 0.15) is 0 Å². The van der Waals surface area contributed by atoms with E-state index < -0.39 is 0 Å². The molecule has 1 aromatic carbocycles. The summed E-state index contributed by atoms with van der Waals surface area (Å²) in [7, 11) is 3.74. The SMILES string of the molecule is COC(CNC1=NCCN1C)c1ccc(Cl)cc1.I. The Morgan fingerprint density at radius 1 is 1.42 bits per heavy atom. The van der Waals surface area contributed by atoms with Crippen molar-refractivity contribution in [2.45, 2.75) is 6.10 Å². The zero-order valence-corrected chi connectivity index (χ0v) is 14.2. The summed E-state index contributed by atoms with van der Waals surface area (Å²) in [6.07, 6.45) is -0.000957. The average Bonchev–Trinajstić information content (AvgIpc) is 2.78. The van der Waals surface area contributed by atoms with E-state index in [0.29, 0.717) is 6.54 Å². The number of nitrogens with one attached hydrogen (secondary N) is 1. The van der Waals surface area contributed by atoms with Crippen molar-refractivity contribution in [3.8, 4) is 0 Å². The summed E-state index contributed by atoms with van der Waals surface area (Å²) in [5.41, 5.74) is 1.11. The summed E-state index contributed by atoms with van der Waals surface area (Å²) in [4.78, 5) is 6.49. The Balaban J connectivity index is 0.00000180. The lowest BCUT2D eigenvalue weighted by Crippen LogP contribution is -2.38. The largest absolute Gasteiger partial charge is 0.375 e. The second kappa shape index (κ2) is 7.91. The molecule has 1 unspecified atom stereocenters. The highest BCUT2D eigenvalue weighted by atomic mass is 127. The number of aliphatic imine (C=N–C) groups is 1. The van der Waals surface area contributed by atoms with Crippen molar-refractivity contribution >= 4 is 41.5 Å². The molecule has 0 amide bonds. The lowest BCUT2D eigenvalue weighted by molar-refractivity contribution is 0.106. The van der Waals surface area contributed by atoms with E-state index in [1.807, 2.05) is 31.3 Å². The van der Waals surface area contributed by atoms with Crippen molar-refractivity contribution in [2.75, 3.05) is 33.8 Å². The third kappa shape index (κ3) is 4.50. The average molecular weight is 396 g/mol. The molecule has 0 spiro atoms. The molecular formula is C13H19ClIN3O. The fourth-order valence-corrected chi connectivity index (χ4v) is 2.05. The van der Waals surface area contributed by atoms with Crippen LogP contribution in [-0.2, 0) is 4.74 Å². The molecule has 0 aromatic heterocycles. The van der Waals surface area contributed by atoms with Crippen LogP contribution in [0.2, 0.25) is 5.02 Å². The molecule has 1 aliphatic heterocycles. The van der Waals surface area contributed by atoms with Crippen LogP contribution in [0.5, 0.6) is 0 Å². The lowest BCUT2D eigenvalue weighted by Gasteiger charge is -2.20. The van der Waals surface area contributed by atoms with Crippen LogP contribution in [0.3, 0.4) is 0 Å². The zero-order chi connectivity index (χ0) is 13.0. The molecule has 1 atom stereocenters. The van der Waals surface area contributed by atoms with Crippen LogP contribution in [0, 0.1) is 0 Å². The highest BCUT2D eigenvalue weighted by molar-refractivity contribution is 14.0. The number of nitrogens with zero attached hydrogens (tertiary/aromatic N) is 2. The fourth-order valence-electron chi connectivity index (χ4n) is 1.92. The van der Waals surface area contributed by atoms with Crippen LogP contribution >= 0.6 is 35.6 Å². The number of ether oxygens (including phenoxy) is 1. The minimum Gasteiger partial charge on any atom is -0.375 e. The van der Waals surface area contributed by atoms with Gasteiger partial charge >= 0.3 is 0 Å². The number of hydrogen-bond acceptors (Lipinski definition) is 4. The Labute approximate surface area is 136 Å². The van der Waals surface area contributed by atoms with Gasteiger partial charge in [-0.05, 0) is 17.7 Å². The van der Waals surface area contributed by atoms with Gasteiger partial charge in [-0.15, -0.1) is 24.0 Å². The standard InChI is InChI=1S/C13H18ClN3O.HI/c1-17-8-7-15-13(17)16-9-12(18-2)10-3-5-11(14)6-4-10;/h3-6,12H,7-9H2,1-2H3,(H,15,16);1H. The summed E-state index contributed by atoms with van der Waals surface area (Å²) < 4.78 is 5.49. The maximum Gasteiger partial charge on any atom is 0.193 e. The Bertz CT molecular complexity index is 424. The van der Waals surface area contributed by atoms with Gasteiger partial charge in [0, 0.05) is 32.3 Å². The van der Waals surface area contributed by atoms with E-state index >= 15 is 0 Å². The van der Waals surface area contributed by atoms with Crippen LogP contribution < -0.4 is 5.32 Å². The maximum atomic E-state index is 5.88. The van der Waals surface area contributed by atoms with Gasteiger partial charge in [0.2, 0.25) is 0 Å². The zero-order valence-electron chi connectivity index (χ0n) is 11.1. The topological polar surface area (TPSA) is 36.9 Å². The lowest BCUT2D eigenvalue weighted by atomic mass is 10.1. The van der Waals surface area contributed by atoms with E-state index in [4.69, 9.17) is 16.3 Å². The second-order valence-electron chi connectivity index (χ2n) is 4.28. The van der Waals surface area contributed by atoms with Gasteiger partial charge < -0.3 is 15.0 Å². The van der Waals surface area contributed by atoms with Gasteiger partial charge in [-0.2, -0.15) is 0 Å². The van der Waals surface area contributed by atoms with Gasteiger partial charge in [-0.25, -0.2) is 0 Å². The third-order valence-electron chi connectivity index (χ3n) is 3.03. The molecule has 0 saturated carbocycles. The van der Waals surface area contributed by atoms with Gasteiger partial charge in [-0.1, -0.05) is 23.7 Å². The summed E-state index contributed by atoms with van der Waals surface area (Å²) in [5.74, 6) is 0.936. The maximum absolute atomic E-state index is 5.88. The van der Waals surface area contributed by atoms with Crippen molar-refractivity contribution in [3.05, 3.63) is 34.9 Å². The molecule has 1 heterocycles. The molecule has 0 saturated heterocycles. The normalized spacial score (nSPS) is 15.7. The molecule has 1 aliphatic rings. The molecule has 0 fully saturated rings. The highest BCUT2D eigenvalue weighted by Crippen LogP contribution is 2.18. The van der Waals surface area contributed by atoms with E-state index in [1.54, 1.807) is 7.11 Å². The van der Waals surface area contributed by atoms with E-state index in [9.17, 15) is 0 Å². The number of hydrogen-bond donors (Lipinski definition) is 1. The first-order valence-corrected chi connectivity index (χ1v) is 6.36. The molecule has 0 aliphatic carbocycles. The Morgan fingerprint density at radius 2 is 2.11 bits per heavy atom. The number of guanidine groups is 1. The predicted molar refractivity (Wildman–Crippen MR) is 89.6 cm³/mol. The fraction of sp³-hybridized carbons (Fsp3) is 0.462. The van der Waals surface area contributed by atoms with Crippen LogP contribution in [0.25, 0.3) is 0 Å². The summed E-state index contributed by atoms with van der Waals surface area (Å²) >= 11 is 5.88. The molecule has 6 heteroatoms. The van der Waals surface area contributed by atoms with Crippen molar-refractivity contribution in [3.63, 3.8) is 0 Å². The van der Waals surface area contributed by atoms with Crippen molar-refractivity contribution in [2.24, 2.45) is 4.99 Å². The number of halogens is 2. The van der Waals surface area contributed by atoms with E-state index in [1.165, 1.54) is 0 Å². The third-order valence-corrected chi connectivity index (χ3v) is 3.28.